The summed E-state index contributed by atoms with van der Waals surface area (Å²) in [5.74, 6) is 0.270. The lowest BCUT2D eigenvalue weighted by atomic mass is 10.2. The number of aromatic nitrogens is 2. The van der Waals surface area contributed by atoms with Gasteiger partial charge in [0, 0.05) is 29.7 Å². The Bertz CT molecular complexity index is 671. The summed E-state index contributed by atoms with van der Waals surface area (Å²) in [6.45, 7) is 9.52. The van der Waals surface area contributed by atoms with Gasteiger partial charge in [-0.25, -0.2) is 5.43 Å². The number of nitrogens with one attached hydrogen (secondary N) is 1. The molecule has 5 nitrogen and oxygen atoms in total. The molecule has 22 heavy (non-hydrogen) atoms. The van der Waals surface area contributed by atoms with Gasteiger partial charge in [-0.1, -0.05) is 19.9 Å². The fraction of sp³-hybridized carbons (Fsp3) is 0.353. The minimum absolute atomic E-state index is 0.312. The predicted molar refractivity (Wildman–Crippen MR) is 88.0 cm³/mol. The molecule has 0 aliphatic carbocycles. The molecule has 0 spiro atoms. The smallest absolute Gasteiger partial charge is 0.289 e. The highest BCUT2D eigenvalue weighted by Crippen LogP contribution is 2.15. The van der Waals surface area contributed by atoms with Gasteiger partial charge in [0.1, 0.15) is 5.69 Å². The highest BCUT2D eigenvalue weighted by atomic mass is 16.2. The normalized spacial score (nSPS) is 11.3. The fourth-order valence-corrected chi connectivity index (χ4v) is 2.32. The van der Waals surface area contributed by atoms with Crippen molar-refractivity contribution < 1.29 is 4.79 Å². The Morgan fingerprint density at radius 3 is 2.82 bits per heavy atom. The summed E-state index contributed by atoms with van der Waals surface area (Å²) in [7, 11) is 0. The molecule has 0 fully saturated rings. The molecular weight excluding hydrogens is 276 g/mol. The van der Waals surface area contributed by atoms with E-state index in [-0.39, 0.29) is 5.91 Å². The molecule has 5 heteroatoms. The van der Waals surface area contributed by atoms with Gasteiger partial charge in [-0.05, 0) is 38.0 Å². The van der Waals surface area contributed by atoms with E-state index in [4.69, 9.17) is 0 Å². The molecule has 0 radical (unpaired) electrons. The average molecular weight is 298 g/mol. The zero-order valence-electron chi connectivity index (χ0n) is 13.5. The molecule has 0 aromatic carbocycles. The van der Waals surface area contributed by atoms with Crippen LogP contribution in [0.25, 0.3) is 0 Å². The van der Waals surface area contributed by atoms with E-state index in [0.717, 1.165) is 17.8 Å². The predicted octanol–water partition coefficient (Wildman–Crippen LogP) is 2.92. The second kappa shape index (κ2) is 7.02. The van der Waals surface area contributed by atoms with Crippen molar-refractivity contribution in [2.75, 3.05) is 0 Å². The Morgan fingerprint density at radius 2 is 2.18 bits per heavy atom. The lowest BCUT2D eigenvalue weighted by Crippen LogP contribution is -2.18. The van der Waals surface area contributed by atoms with Crippen LogP contribution in [-0.4, -0.2) is 21.7 Å². The van der Waals surface area contributed by atoms with Crippen molar-refractivity contribution in [3.05, 3.63) is 53.1 Å². The molecule has 2 rings (SSSR count). The number of carbonyl (C=O) groups is 1. The van der Waals surface area contributed by atoms with Crippen molar-refractivity contribution >= 4 is 12.1 Å². The molecule has 1 amide bonds. The van der Waals surface area contributed by atoms with Gasteiger partial charge >= 0.3 is 0 Å². The van der Waals surface area contributed by atoms with E-state index >= 15 is 0 Å². The summed E-state index contributed by atoms with van der Waals surface area (Å²) < 4.78 is 2.27. The van der Waals surface area contributed by atoms with Crippen LogP contribution in [0.2, 0.25) is 0 Å². The third-order valence-electron chi connectivity index (χ3n) is 3.43. The summed E-state index contributed by atoms with van der Waals surface area (Å²) in [6, 6.07) is 7.27. The lowest BCUT2D eigenvalue weighted by Gasteiger charge is -2.11. The molecule has 0 saturated carbocycles. The van der Waals surface area contributed by atoms with E-state index in [1.165, 1.54) is 5.69 Å². The SMILES string of the molecule is Cc1cc(/C=N\NC(=O)c2ccccn2)c(C)n1CC(C)C. The van der Waals surface area contributed by atoms with Crippen molar-refractivity contribution in [1.82, 2.24) is 15.0 Å². The van der Waals surface area contributed by atoms with Crippen LogP contribution in [-0.2, 0) is 6.54 Å². The number of rotatable bonds is 5. The van der Waals surface area contributed by atoms with Crippen LogP contribution in [0.4, 0.5) is 0 Å². The van der Waals surface area contributed by atoms with Crippen LogP contribution < -0.4 is 5.43 Å². The molecule has 2 heterocycles. The molecule has 0 unspecified atom stereocenters. The van der Waals surface area contributed by atoms with Gasteiger partial charge < -0.3 is 4.57 Å². The van der Waals surface area contributed by atoms with Crippen LogP contribution in [0.1, 0.15) is 41.3 Å². The summed E-state index contributed by atoms with van der Waals surface area (Å²) in [5, 5.41) is 4.03. The Hall–Kier alpha value is -2.43. The second-order valence-corrected chi connectivity index (χ2v) is 5.75. The molecule has 2 aromatic rings. The molecule has 0 aliphatic heterocycles. The largest absolute Gasteiger partial charge is 0.348 e. The summed E-state index contributed by atoms with van der Waals surface area (Å²) in [4.78, 5) is 15.8. The lowest BCUT2D eigenvalue weighted by molar-refractivity contribution is 0.0950. The van der Waals surface area contributed by atoms with Crippen molar-refractivity contribution in [2.24, 2.45) is 11.0 Å². The van der Waals surface area contributed by atoms with Gasteiger partial charge in [0.25, 0.3) is 5.91 Å². The van der Waals surface area contributed by atoms with Crippen LogP contribution in [0.15, 0.2) is 35.6 Å². The van der Waals surface area contributed by atoms with Crippen LogP contribution >= 0.6 is 0 Å². The molecule has 0 bridgehead atoms. The first kappa shape index (κ1) is 15.9. The maximum absolute atomic E-state index is 11.8. The Kier molecular flexibility index (Phi) is 5.09. The van der Waals surface area contributed by atoms with E-state index in [9.17, 15) is 4.79 Å². The molecular formula is C17H22N4O. The van der Waals surface area contributed by atoms with Crippen LogP contribution in [0.5, 0.6) is 0 Å². The first-order chi connectivity index (χ1) is 10.5. The topological polar surface area (TPSA) is 59.3 Å². The zero-order chi connectivity index (χ0) is 16.1. The van der Waals surface area contributed by atoms with E-state index in [1.807, 2.05) is 0 Å². The number of pyridine rings is 1. The van der Waals surface area contributed by atoms with Gasteiger partial charge in [-0.3, -0.25) is 9.78 Å². The Labute approximate surface area is 131 Å². The van der Waals surface area contributed by atoms with E-state index in [0.29, 0.717) is 11.6 Å². The molecule has 116 valence electrons. The Balaban J connectivity index is 2.06. The molecule has 0 atom stereocenters. The molecule has 0 saturated heterocycles. The monoisotopic (exact) mass is 298 g/mol. The fourth-order valence-electron chi connectivity index (χ4n) is 2.32. The van der Waals surface area contributed by atoms with Crippen molar-refractivity contribution in [1.29, 1.82) is 0 Å². The maximum atomic E-state index is 11.8. The summed E-state index contributed by atoms with van der Waals surface area (Å²) >= 11 is 0. The number of aryl methyl sites for hydroxylation is 1. The number of hydrogen-bond acceptors (Lipinski definition) is 3. The minimum atomic E-state index is -0.312. The standard InChI is InChI=1S/C17H22N4O/c1-12(2)11-21-13(3)9-15(14(21)4)10-19-20-17(22)16-7-5-6-8-18-16/h5-10,12H,11H2,1-4H3,(H,20,22)/b19-10-. The number of nitrogens with zero attached hydrogens (tertiary/aromatic N) is 3. The quantitative estimate of drug-likeness (QED) is 0.681. The number of hydrazone groups is 1. The van der Waals surface area contributed by atoms with Crippen LogP contribution in [0.3, 0.4) is 0 Å². The molecule has 2 aromatic heterocycles. The highest BCUT2D eigenvalue weighted by Gasteiger charge is 2.09. The average Bonchev–Trinajstić information content (AvgIpc) is 2.75. The van der Waals surface area contributed by atoms with Crippen molar-refractivity contribution in [3.8, 4) is 0 Å². The van der Waals surface area contributed by atoms with Crippen LogP contribution in [0, 0.1) is 19.8 Å². The van der Waals surface area contributed by atoms with E-state index < -0.39 is 0 Å². The third-order valence-corrected chi connectivity index (χ3v) is 3.43. The molecule has 0 aliphatic rings. The van der Waals surface area contributed by atoms with E-state index in [1.54, 1.807) is 30.6 Å². The van der Waals surface area contributed by atoms with Crippen molar-refractivity contribution in [2.45, 2.75) is 34.2 Å². The first-order valence-electron chi connectivity index (χ1n) is 7.40. The van der Waals surface area contributed by atoms with Gasteiger partial charge in [0.05, 0.1) is 6.21 Å². The minimum Gasteiger partial charge on any atom is -0.348 e. The summed E-state index contributed by atoms with van der Waals surface area (Å²) in [6.07, 6.45) is 3.26. The highest BCUT2D eigenvalue weighted by molar-refractivity contribution is 5.93. The van der Waals surface area contributed by atoms with Gasteiger partial charge in [-0.2, -0.15) is 5.10 Å². The zero-order valence-corrected chi connectivity index (χ0v) is 13.5. The number of amides is 1. The number of hydrogen-bond donors (Lipinski definition) is 1. The third kappa shape index (κ3) is 3.81. The first-order valence-corrected chi connectivity index (χ1v) is 7.40. The Morgan fingerprint density at radius 1 is 1.41 bits per heavy atom. The summed E-state index contributed by atoms with van der Waals surface area (Å²) in [5.41, 5.74) is 6.22. The van der Waals surface area contributed by atoms with E-state index in [2.05, 4.69) is 53.8 Å². The number of carbonyl (C=O) groups excluding carboxylic acids is 1. The van der Waals surface area contributed by atoms with Crippen molar-refractivity contribution in [3.63, 3.8) is 0 Å². The second-order valence-electron chi connectivity index (χ2n) is 5.75. The van der Waals surface area contributed by atoms with Gasteiger partial charge in [0.15, 0.2) is 0 Å². The van der Waals surface area contributed by atoms with Gasteiger partial charge in [-0.15, -0.1) is 0 Å². The van der Waals surface area contributed by atoms with Gasteiger partial charge in [0.2, 0.25) is 0 Å². The maximum Gasteiger partial charge on any atom is 0.289 e. The molecule has 1 N–H and O–H groups in total.